The van der Waals surface area contributed by atoms with Gasteiger partial charge in [-0.1, -0.05) is 12.2 Å². The number of carbonyl (C=O) groups is 1. The number of aromatic carboxylic acids is 1. The minimum absolute atomic E-state index is 0.0575. The van der Waals surface area contributed by atoms with Gasteiger partial charge in [0.05, 0.1) is 18.3 Å². The van der Waals surface area contributed by atoms with Crippen LogP contribution in [0, 0.1) is 0 Å². The Morgan fingerprint density at radius 1 is 1.50 bits per heavy atom. The van der Waals surface area contributed by atoms with Gasteiger partial charge in [0, 0.05) is 0 Å². The molecular formula is C14H18O4. The molecule has 0 spiro atoms. The topological polar surface area (TPSA) is 66.8 Å². The molecule has 2 N–H and O–H groups in total. The molecule has 1 atom stereocenters. The van der Waals surface area contributed by atoms with E-state index in [1.807, 2.05) is 13.8 Å². The van der Waals surface area contributed by atoms with Crippen molar-refractivity contribution >= 4 is 5.97 Å². The molecule has 1 rings (SSSR count). The third kappa shape index (κ3) is 4.22. The Morgan fingerprint density at radius 3 is 2.72 bits per heavy atom. The van der Waals surface area contributed by atoms with Crippen molar-refractivity contribution in [1.29, 1.82) is 0 Å². The lowest BCUT2D eigenvalue weighted by molar-refractivity contribution is 0.0689. The zero-order valence-corrected chi connectivity index (χ0v) is 10.6. The molecule has 98 valence electrons. The first-order chi connectivity index (χ1) is 8.40. The smallest absolute Gasteiger partial charge is 0.335 e. The number of rotatable bonds is 6. The predicted octanol–water partition coefficient (Wildman–Crippen LogP) is 2.61. The highest BCUT2D eigenvalue weighted by Crippen LogP contribution is 2.19. The molecule has 1 aromatic carbocycles. The van der Waals surface area contributed by atoms with E-state index in [9.17, 15) is 9.90 Å². The van der Waals surface area contributed by atoms with Gasteiger partial charge in [0.15, 0.2) is 0 Å². The lowest BCUT2D eigenvalue weighted by Crippen LogP contribution is -2.15. The molecule has 1 aromatic rings. The molecule has 4 heteroatoms. The van der Waals surface area contributed by atoms with Gasteiger partial charge in [-0.25, -0.2) is 4.79 Å². The van der Waals surface area contributed by atoms with Crippen molar-refractivity contribution < 1.29 is 19.7 Å². The molecular weight excluding hydrogens is 232 g/mol. The minimum Gasteiger partial charge on any atom is -0.508 e. The Balaban J connectivity index is 2.79. The molecule has 0 saturated carbocycles. The van der Waals surface area contributed by atoms with Gasteiger partial charge in [0.1, 0.15) is 5.75 Å². The molecule has 0 radical (unpaired) electrons. The maximum Gasteiger partial charge on any atom is 0.335 e. The molecule has 0 bridgehead atoms. The van der Waals surface area contributed by atoms with E-state index < -0.39 is 5.97 Å². The van der Waals surface area contributed by atoms with Crippen molar-refractivity contribution in [2.45, 2.75) is 26.4 Å². The third-order valence-corrected chi connectivity index (χ3v) is 2.44. The molecule has 0 aliphatic carbocycles. The summed E-state index contributed by atoms with van der Waals surface area (Å²) in [6.07, 6.45) is 0.296. The monoisotopic (exact) mass is 250 g/mol. The normalized spacial score (nSPS) is 12.1. The number of phenolic OH excluding ortho intramolecular Hbond substituents is 1. The molecule has 0 aliphatic heterocycles. The second-order valence-corrected chi connectivity index (χ2v) is 4.43. The highest BCUT2D eigenvalue weighted by atomic mass is 16.5. The van der Waals surface area contributed by atoms with Gasteiger partial charge < -0.3 is 14.9 Å². The minimum atomic E-state index is -1.00. The van der Waals surface area contributed by atoms with Crippen LogP contribution in [0.3, 0.4) is 0 Å². The number of hydrogen-bond acceptors (Lipinski definition) is 3. The molecule has 0 heterocycles. The van der Waals surface area contributed by atoms with Crippen LogP contribution in [-0.2, 0) is 11.2 Å². The average Bonchev–Trinajstić information content (AvgIpc) is 2.26. The number of carboxylic acid groups (broad SMARTS) is 1. The molecule has 0 fully saturated rings. The van der Waals surface area contributed by atoms with Crippen molar-refractivity contribution in [3.8, 4) is 5.75 Å². The first-order valence-corrected chi connectivity index (χ1v) is 5.71. The van der Waals surface area contributed by atoms with Crippen molar-refractivity contribution in [2.24, 2.45) is 0 Å². The van der Waals surface area contributed by atoms with Gasteiger partial charge in [-0.15, -0.1) is 0 Å². The first kappa shape index (κ1) is 14.3. The third-order valence-electron chi connectivity index (χ3n) is 2.44. The lowest BCUT2D eigenvalue weighted by atomic mass is 10.0. The van der Waals surface area contributed by atoms with E-state index >= 15 is 0 Å². The molecule has 18 heavy (non-hydrogen) atoms. The van der Waals surface area contributed by atoms with Crippen LogP contribution in [-0.4, -0.2) is 28.9 Å². The molecule has 0 aromatic heterocycles. The van der Waals surface area contributed by atoms with Crippen molar-refractivity contribution in [2.75, 3.05) is 6.61 Å². The van der Waals surface area contributed by atoms with Crippen LogP contribution in [0.5, 0.6) is 5.75 Å². The van der Waals surface area contributed by atoms with Crippen LogP contribution in [0.4, 0.5) is 0 Å². The highest BCUT2D eigenvalue weighted by Gasteiger charge is 2.13. The van der Waals surface area contributed by atoms with E-state index in [4.69, 9.17) is 9.84 Å². The molecule has 0 amide bonds. The second kappa shape index (κ2) is 6.21. The number of aromatic hydroxyl groups is 1. The van der Waals surface area contributed by atoms with Crippen molar-refractivity contribution in [1.82, 2.24) is 0 Å². The summed E-state index contributed by atoms with van der Waals surface area (Å²) >= 11 is 0. The van der Waals surface area contributed by atoms with Gasteiger partial charge >= 0.3 is 5.97 Å². The summed E-state index contributed by atoms with van der Waals surface area (Å²) in [6, 6.07) is 4.23. The molecule has 1 unspecified atom stereocenters. The molecule has 0 aliphatic rings. The number of hydrogen-bond donors (Lipinski definition) is 2. The fourth-order valence-corrected chi connectivity index (χ4v) is 1.61. The zero-order chi connectivity index (χ0) is 13.7. The molecule has 4 nitrogen and oxygen atoms in total. The summed E-state index contributed by atoms with van der Waals surface area (Å²) < 4.78 is 5.51. The van der Waals surface area contributed by atoms with Crippen LogP contribution >= 0.6 is 0 Å². The second-order valence-electron chi connectivity index (χ2n) is 4.43. The summed E-state index contributed by atoms with van der Waals surface area (Å²) in [5, 5.41) is 18.5. The molecule has 0 saturated heterocycles. The van der Waals surface area contributed by atoms with Gasteiger partial charge in [-0.2, -0.15) is 0 Å². The lowest BCUT2D eigenvalue weighted by Gasteiger charge is -2.14. The Hall–Kier alpha value is -1.81. The van der Waals surface area contributed by atoms with Crippen molar-refractivity contribution in [3.63, 3.8) is 0 Å². The SMILES string of the molecule is C=C(C)COC(C)Cc1cc(O)ccc1C(=O)O. The van der Waals surface area contributed by atoms with Gasteiger partial charge in [-0.3, -0.25) is 0 Å². The Bertz CT molecular complexity index is 451. The summed E-state index contributed by atoms with van der Waals surface area (Å²) in [6.45, 7) is 7.91. The fraction of sp³-hybridized carbons (Fsp3) is 0.357. The summed E-state index contributed by atoms with van der Waals surface area (Å²) in [5.74, 6) is -0.945. The summed E-state index contributed by atoms with van der Waals surface area (Å²) in [5.41, 5.74) is 1.67. The van der Waals surface area contributed by atoms with E-state index in [1.54, 1.807) is 0 Å². The Labute approximate surface area is 107 Å². The quantitative estimate of drug-likeness (QED) is 0.762. The van der Waals surface area contributed by atoms with Crippen LogP contribution in [0.1, 0.15) is 29.8 Å². The van der Waals surface area contributed by atoms with Gasteiger partial charge in [-0.05, 0) is 44.0 Å². The first-order valence-electron chi connectivity index (χ1n) is 5.71. The van der Waals surface area contributed by atoms with Crippen LogP contribution < -0.4 is 0 Å². The van der Waals surface area contributed by atoms with Gasteiger partial charge in [0.25, 0.3) is 0 Å². The van der Waals surface area contributed by atoms with Crippen molar-refractivity contribution in [3.05, 3.63) is 41.5 Å². The average molecular weight is 250 g/mol. The summed E-state index contributed by atoms with van der Waals surface area (Å²) in [7, 11) is 0. The Kier molecular flexibility index (Phi) is 4.92. The van der Waals surface area contributed by atoms with Crippen LogP contribution in [0.2, 0.25) is 0 Å². The number of ether oxygens (including phenoxy) is 1. The van der Waals surface area contributed by atoms with Crippen LogP contribution in [0.25, 0.3) is 0 Å². The largest absolute Gasteiger partial charge is 0.508 e. The number of phenols is 1. The van der Waals surface area contributed by atoms with E-state index in [0.717, 1.165) is 5.57 Å². The zero-order valence-electron chi connectivity index (χ0n) is 10.6. The number of benzene rings is 1. The number of carboxylic acids is 1. The standard InChI is InChI=1S/C14H18O4/c1-9(2)8-18-10(3)6-11-7-12(15)4-5-13(11)14(16)17/h4-5,7,10,15H,1,6,8H2,2-3H3,(H,16,17). The maximum absolute atomic E-state index is 11.0. The van der Waals surface area contributed by atoms with Gasteiger partial charge in [0.2, 0.25) is 0 Å². The predicted molar refractivity (Wildman–Crippen MR) is 69.0 cm³/mol. The highest BCUT2D eigenvalue weighted by molar-refractivity contribution is 5.89. The maximum atomic E-state index is 11.0. The van der Waals surface area contributed by atoms with E-state index in [0.29, 0.717) is 18.6 Å². The summed E-state index contributed by atoms with van der Waals surface area (Å²) in [4.78, 5) is 11.0. The van der Waals surface area contributed by atoms with E-state index in [1.165, 1.54) is 18.2 Å². The van der Waals surface area contributed by atoms with Crippen LogP contribution in [0.15, 0.2) is 30.4 Å². The fourth-order valence-electron chi connectivity index (χ4n) is 1.61. The van der Waals surface area contributed by atoms with E-state index in [-0.39, 0.29) is 17.4 Å². The Morgan fingerprint density at radius 2 is 2.17 bits per heavy atom. The van der Waals surface area contributed by atoms with E-state index in [2.05, 4.69) is 6.58 Å².